The number of morpholine rings is 1. The number of halogens is 1. The molecule has 0 spiro atoms. The number of aryl methyl sites for hydroxylation is 1. The Kier molecular flexibility index (Phi) is 5.36. The number of urea groups is 1. The molecule has 154 valence electrons. The van der Waals surface area contributed by atoms with E-state index < -0.39 is 5.82 Å². The van der Waals surface area contributed by atoms with Crippen LogP contribution in [0.1, 0.15) is 30.9 Å². The average molecular weight is 399 g/mol. The van der Waals surface area contributed by atoms with Crippen LogP contribution in [0.15, 0.2) is 24.3 Å². The molecule has 1 aromatic carbocycles. The van der Waals surface area contributed by atoms with Gasteiger partial charge < -0.3 is 19.9 Å². The van der Waals surface area contributed by atoms with Crippen molar-refractivity contribution in [2.24, 2.45) is 0 Å². The molecule has 0 bridgehead atoms. The van der Waals surface area contributed by atoms with Gasteiger partial charge in [0, 0.05) is 31.6 Å². The molecule has 0 saturated carbocycles. The molecule has 1 aromatic heterocycles. The smallest absolute Gasteiger partial charge is 0.322 e. The lowest BCUT2D eigenvalue weighted by atomic mass is 10.0. The lowest BCUT2D eigenvalue weighted by Crippen LogP contribution is -2.47. The predicted molar refractivity (Wildman–Crippen MR) is 109 cm³/mol. The van der Waals surface area contributed by atoms with Crippen molar-refractivity contribution in [3.63, 3.8) is 0 Å². The molecule has 1 saturated heterocycles. The van der Waals surface area contributed by atoms with Crippen LogP contribution >= 0.6 is 0 Å². The molecule has 2 atom stereocenters. The number of nitrogens with zero attached hydrogens (tertiary/aromatic N) is 4. The molecule has 8 heteroatoms. The number of fused-ring (bicyclic) bond motifs is 1. The highest BCUT2D eigenvalue weighted by Gasteiger charge is 2.30. The number of nitrogens with one attached hydrogen (secondary N) is 1. The third-order valence-electron chi connectivity index (χ3n) is 5.27. The molecular formula is C21H26FN5O2. The number of ether oxygens (including phenoxy) is 1. The van der Waals surface area contributed by atoms with Gasteiger partial charge in [0.2, 0.25) is 0 Å². The van der Waals surface area contributed by atoms with E-state index >= 15 is 0 Å². The molecule has 1 N–H and O–H groups in total. The molecule has 2 aromatic rings. The van der Waals surface area contributed by atoms with E-state index in [4.69, 9.17) is 9.72 Å². The summed E-state index contributed by atoms with van der Waals surface area (Å²) in [5.74, 6) is 1.15. The van der Waals surface area contributed by atoms with E-state index in [1.807, 2.05) is 6.92 Å². The molecule has 0 aliphatic carbocycles. The highest BCUT2D eigenvalue weighted by Crippen LogP contribution is 2.29. The zero-order chi connectivity index (χ0) is 20.5. The maximum atomic E-state index is 13.9. The van der Waals surface area contributed by atoms with Gasteiger partial charge in [0.05, 0.1) is 30.1 Å². The van der Waals surface area contributed by atoms with Crippen molar-refractivity contribution in [2.45, 2.75) is 45.9 Å². The first-order chi connectivity index (χ1) is 13.9. The fourth-order valence-electron chi connectivity index (χ4n) is 4.06. The zero-order valence-electron chi connectivity index (χ0n) is 17.0. The second kappa shape index (κ2) is 7.94. The molecule has 29 heavy (non-hydrogen) atoms. The van der Waals surface area contributed by atoms with Gasteiger partial charge in [-0.1, -0.05) is 12.1 Å². The summed E-state index contributed by atoms with van der Waals surface area (Å²) in [6.07, 6.45) is 0.855. The van der Waals surface area contributed by atoms with Crippen molar-refractivity contribution in [1.29, 1.82) is 0 Å². The Morgan fingerprint density at radius 3 is 2.66 bits per heavy atom. The van der Waals surface area contributed by atoms with E-state index in [1.165, 1.54) is 6.07 Å². The standard InChI is InChI=1S/C21H26FN5O2/c1-13-10-27(11-14(2)29-13)20-16-12-26(9-8-18(16)23-15(3)24-20)21(28)25-19-7-5-4-6-17(19)22/h4-7,13-14H,8-12H2,1-3H3,(H,25,28)/t13-,14+. The van der Waals surface area contributed by atoms with Crippen LogP contribution in [0.3, 0.4) is 0 Å². The van der Waals surface area contributed by atoms with Gasteiger partial charge in [-0.2, -0.15) is 0 Å². The largest absolute Gasteiger partial charge is 0.372 e. The van der Waals surface area contributed by atoms with Gasteiger partial charge in [0.15, 0.2) is 0 Å². The van der Waals surface area contributed by atoms with Gasteiger partial charge in [-0.05, 0) is 32.9 Å². The van der Waals surface area contributed by atoms with Crippen molar-refractivity contribution < 1.29 is 13.9 Å². The SMILES string of the molecule is Cc1nc2c(c(N3C[C@@H](C)O[C@@H](C)C3)n1)CN(C(=O)Nc1ccccc1F)CC2. The Bertz CT molecular complexity index is 912. The normalized spacial score (nSPS) is 21.7. The van der Waals surface area contributed by atoms with Crippen molar-refractivity contribution in [1.82, 2.24) is 14.9 Å². The molecule has 1 fully saturated rings. The monoisotopic (exact) mass is 399 g/mol. The quantitative estimate of drug-likeness (QED) is 0.840. The first kappa shape index (κ1) is 19.6. The molecule has 0 radical (unpaired) electrons. The number of hydrogen-bond donors (Lipinski definition) is 1. The van der Waals surface area contributed by atoms with E-state index in [1.54, 1.807) is 23.1 Å². The van der Waals surface area contributed by atoms with E-state index in [2.05, 4.69) is 29.0 Å². The number of rotatable bonds is 2. The first-order valence-corrected chi connectivity index (χ1v) is 9.98. The summed E-state index contributed by atoms with van der Waals surface area (Å²) in [6, 6.07) is 5.85. The Morgan fingerprint density at radius 1 is 1.21 bits per heavy atom. The Labute approximate surface area is 169 Å². The highest BCUT2D eigenvalue weighted by atomic mass is 19.1. The van der Waals surface area contributed by atoms with Crippen LogP contribution in [0.5, 0.6) is 0 Å². The summed E-state index contributed by atoms with van der Waals surface area (Å²) in [4.78, 5) is 26.0. The number of amides is 2. The van der Waals surface area contributed by atoms with Gasteiger partial charge in [0.1, 0.15) is 17.5 Å². The van der Waals surface area contributed by atoms with Crippen LogP contribution in [0.2, 0.25) is 0 Å². The van der Waals surface area contributed by atoms with Crippen molar-refractivity contribution in [3.8, 4) is 0 Å². The Morgan fingerprint density at radius 2 is 1.93 bits per heavy atom. The lowest BCUT2D eigenvalue weighted by Gasteiger charge is -2.38. The minimum Gasteiger partial charge on any atom is -0.372 e. The van der Waals surface area contributed by atoms with E-state index in [0.29, 0.717) is 19.5 Å². The molecule has 7 nitrogen and oxygen atoms in total. The zero-order valence-corrected chi connectivity index (χ0v) is 17.0. The fourth-order valence-corrected chi connectivity index (χ4v) is 4.06. The molecule has 2 amide bonds. The van der Waals surface area contributed by atoms with Crippen LogP contribution in [-0.2, 0) is 17.7 Å². The molecular weight excluding hydrogens is 373 g/mol. The first-order valence-electron chi connectivity index (χ1n) is 9.98. The van der Waals surface area contributed by atoms with Gasteiger partial charge in [-0.3, -0.25) is 0 Å². The second-order valence-electron chi connectivity index (χ2n) is 7.76. The summed E-state index contributed by atoms with van der Waals surface area (Å²) in [5.41, 5.74) is 2.13. The van der Waals surface area contributed by atoms with Crippen LogP contribution in [0.25, 0.3) is 0 Å². The van der Waals surface area contributed by atoms with Gasteiger partial charge in [0.25, 0.3) is 0 Å². The predicted octanol–water partition coefficient (Wildman–Crippen LogP) is 3.13. The molecule has 2 aliphatic rings. The minimum absolute atomic E-state index is 0.105. The summed E-state index contributed by atoms with van der Waals surface area (Å²) < 4.78 is 19.8. The van der Waals surface area contributed by atoms with Crippen molar-refractivity contribution in [3.05, 3.63) is 47.2 Å². The Balaban J connectivity index is 1.58. The maximum Gasteiger partial charge on any atom is 0.322 e. The third-order valence-corrected chi connectivity index (χ3v) is 5.27. The number of benzene rings is 1. The number of anilines is 2. The van der Waals surface area contributed by atoms with Gasteiger partial charge in [-0.15, -0.1) is 0 Å². The summed E-state index contributed by atoms with van der Waals surface area (Å²) in [7, 11) is 0. The minimum atomic E-state index is -0.450. The van der Waals surface area contributed by atoms with Gasteiger partial charge in [-0.25, -0.2) is 19.2 Å². The lowest BCUT2D eigenvalue weighted by molar-refractivity contribution is -0.00557. The number of aromatic nitrogens is 2. The Hall–Kier alpha value is -2.74. The van der Waals surface area contributed by atoms with Crippen LogP contribution < -0.4 is 10.2 Å². The molecule has 4 rings (SSSR count). The number of para-hydroxylation sites is 1. The molecule has 3 heterocycles. The third kappa shape index (κ3) is 4.17. The summed E-state index contributed by atoms with van der Waals surface area (Å²) in [5, 5.41) is 2.67. The average Bonchev–Trinajstić information content (AvgIpc) is 2.68. The fraction of sp³-hybridized carbons (Fsp3) is 0.476. The molecule has 2 aliphatic heterocycles. The topological polar surface area (TPSA) is 70.6 Å². The summed E-state index contributed by atoms with van der Waals surface area (Å²) >= 11 is 0. The van der Waals surface area contributed by atoms with Crippen LogP contribution in [-0.4, -0.2) is 52.7 Å². The van der Waals surface area contributed by atoms with Crippen molar-refractivity contribution >= 4 is 17.5 Å². The van der Waals surface area contributed by atoms with E-state index in [-0.39, 0.29) is 23.9 Å². The number of carbonyl (C=O) groups excluding carboxylic acids is 1. The maximum absolute atomic E-state index is 13.9. The van der Waals surface area contributed by atoms with Crippen molar-refractivity contribution in [2.75, 3.05) is 29.9 Å². The van der Waals surface area contributed by atoms with Gasteiger partial charge >= 0.3 is 6.03 Å². The second-order valence-corrected chi connectivity index (χ2v) is 7.76. The number of carbonyl (C=O) groups is 1. The van der Waals surface area contributed by atoms with E-state index in [9.17, 15) is 9.18 Å². The summed E-state index contributed by atoms with van der Waals surface area (Å²) in [6.45, 7) is 8.41. The molecule has 0 unspecified atom stereocenters. The van der Waals surface area contributed by atoms with Crippen LogP contribution in [0.4, 0.5) is 20.7 Å². The van der Waals surface area contributed by atoms with E-state index in [0.717, 1.165) is 36.0 Å². The van der Waals surface area contributed by atoms with Crippen LogP contribution in [0, 0.1) is 12.7 Å². The number of hydrogen-bond acceptors (Lipinski definition) is 5. The highest BCUT2D eigenvalue weighted by molar-refractivity contribution is 5.89.